The van der Waals surface area contributed by atoms with Crippen molar-refractivity contribution < 1.29 is 19.7 Å². The number of nitro groups is 2. The van der Waals surface area contributed by atoms with E-state index >= 15 is 0 Å². The first-order valence-corrected chi connectivity index (χ1v) is 12.7. The molecule has 8 nitrogen and oxygen atoms in total. The number of nitrogens with zero attached hydrogens (tertiary/aromatic N) is 2. The molecule has 1 N–H and O–H groups in total. The quantitative estimate of drug-likeness (QED) is 0.118. The molecule has 0 radical (unpaired) electrons. The summed E-state index contributed by atoms with van der Waals surface area (Å²) in [4.78, 5) is 20.7. The predicted octanol–water partition coefficient (Wildman–Crippen LogP) is 8.16. The number of hydrogen-bond donors (Lipinski definition) is 1. The zero-order chi connectivity index (χ0) is 24.5. The van der Waals surface area contributed by atoms with Crippen LogP contribution >= 0.6 is 0 Å². The maximum absolute atomic E-state index is 11.1. The van der Waals surface area contributed by atoms with E-state index in [0.717, 1.165) is 25.3 Å². The van der Waals surface area contributed by atoms with Gasteiger partial charge in [-0.25, -0.2) is 0 Å². The standard InChI is InChI=1S/C25H42N2O6/c1-3-4-5-6-7-8-9-10-11-12-13-14-15-16-17-18-19-33-25-21(2)22(26(29)30)20-23(24(25)28)27(31)32/h20,28H,3-19H2,1-2H3. The predicted molar refractivity (Wildman–Crippen MR) is 131 cm³/mol. The van der Waals surface area contributed by atoms with Gasteiger partial charge in [-0.15, -0.1) is 0 Å². The van der Waals surface area contributed by atoms with Crippen LogP contribution in [-0.2, 0) is 0 Å². The molecule has 8 heteroatoms. The molecule has 0 fully saturated rings. The zero-order valence-electron chi connectivity index (χ0n) is 20.5. The van der Waals surface area contributed by atoms with Crippen molar-refractivity contribution in [2.75, 3.05) is 6.61 Å². The Labute approximate surface area is 198 Å². The molecule has 0 aliphatic rings. The van der Waals surface area contributed by atoms with E-state index in [1.165, 1.54) is 90.4 Å². The number of phenols is 1. The number of benzene rings is 1. The number of aromatic hydroxyl groups is 1. The summed E-state index contributed by atoms with van der Waals surface area (Å²) in [5, 5.41) is 32.3. The van der Waals surface area contributed by atoms with Crippen LogP contribution in [-0.4, -0.2) is 21.6 Å². The highest BCUT2D eigenvalue weighted by Gasteiger charge is 2.28. The second-order valence-electron chi connectivity index (χ2n) is 8.88. The molecule has 1 aromatic rings. The van der Waals surface area contributed by atoms with Crippen molar-refractivity contribution in [3.8, 4) is 11.5 Å². The van der Waals surface area contributed by atoms with Crippen LogP contribution in [0.1, 0.15) is 115 Å². The highest BCUT2D eigenvalue weighted by atomic mass is 16.6. The lowest BCUT2D eigenvalue weighted by Crippen LogP contribution is -2.03. The van der Waals surface area contributed by atoms with Crippen LogP contribution in [0, 0.1) is 27.2 Å². The van der Waals surface area contributed by atoms with E-state index in [2.05, 4.69) is 6.92 Å². The minimum absolute atomic E-state index is 0.0968. The van der Waals surface area contributed by atoms with Crippen LogP contribution in [0.3, 0.4) is 0 Å². The van der Waals surface area contributed by atoms with Crippen molar-refractivity contribution in [3.05, 3.63) is 31.9 Å². The third kappa shape index (κ3) is 11.3. The molecule has 0 atom stereocenters. The Morgan fingerprint density at radius 3 is 1.52 bits per heavy atom. The summed E-state index contributed by atoms with van der Waals surface area (Å²) < 4.78 is 5.51. The maximum Gasteiger partial charge on any atom is 0.321 e. The average Bonchev–Trinajstić information content (AvgIpc) is 2.77. The van der Waals surface area contributed by atoms with Gasteiger partial charge in [0.25, 0.3) is 5.69 Å². The fourth-order valence-corrected chi connectivity index (χ4v) is 4.05. The number of phenolic OH excluding ortho intramolecular Hbond substituents is 1. The molecule has 188 valence electrons. The molecule has 0 amide bonds. The Morgan fingerprint density at radius 1 is 0.727 bits per heavy atom. The number of hydrogen-bond acceptors (Lipinski definition) is 6. The third-order valence-corrected chi connectivity index (χ3v) is 6.09. The number of ether oxygens (including phenoxy) is 1. The highest BCUT2D eigenvalue weighted by molar-refractivity contribution is 5.66. The van der Waals surface area contributed by atoms with Gasteiger partial charge in [0.05, 0.1) is 28.1 Å². The summed E-state index contributed by atoms with van der Waals surface area (Å²) in [6, 6.07) is 0.770. The Kier molecular flexibility index (Phi) is 14.9. The highest BCUT2D eigenvalue weighted by Crippen LogP contribution is 2.43. The summed E-state index contributed by atoms with van der Waals surface area (Å²) in [5.74, 6) is -0.823. The van der Waals surface area contributed by atoms with Crippen LogP contribution in [0.5, 0.6) is 11.5 Å². The van der Waals surface area contributed by atoms with E-state index in [-0.39, 0.29) is 17.9 Å². The Morgan fingerprint density at radius 2 is 1.12 bits per heavy atom. The lowest BCUT2D eigenvalue weighted by atomic mass is 10.0. The van der Waals surface area contributed by atoms with Crippen LogP contribution < -0.4 is 4.74 Å². The van der Waals surface area contributed by atoms with Crippen molar-refractivity contribution in [2.24, 2.45) is 0 Å². The molecule has 0 heterocycles. The summed E-state index contributed by atoms with van der Waals surface area (Å²) in [6.07, 6.45) is 20.1. The molecule has 1 aromatic carbocycles. The first-order valence-electron chi connectivity index (χ1n) is 12.7. The minimum atomic E-state index is -0.844. The van der Waals surface area contributed by atoms with Gasteiger partial charge in [0.2, 0.25) is 5.75 Å². The summed E-state index contributed by atoms with van der Waals surface area (Å²) in [5.41, 5.74) is -1.05. The molecule has 1 rings (SSSR count). The molecule has 0 aliphatic heterocycles. The lowest BCUT2D eigenvalue weighted by molar-refractivity contribution is -0.395. The van der Waals surface area contributed by atoms with Crippen LogP contribution in [0.4, 0.5) is 11.4 Å². The SMILES string of the molecule is CCCCCCCCCCCCCCCCCCOc1c(C)c([N+](=O)[O-])cc([N+](=O)[O-])c1O. The molecule has 0 saturated heterocycles. The number of rotatable bonds is 20. The van der Waals surface area contributed by atoms with E-state index in [4.69, 9.17) is 4.74 Å². The van der Waals surface area contributed by atoms with Crippen molar-refractivity contribution in [1.82, 2.24) is 0 Å². The summed E-state index contributed by atoms with van der Waals surface area (Å²) in [7, 11) is 0. The first-order chi connectivity index (χ1) is 15.9. The van der Waals surface area contributed by atoms with Crippen LogP contribution in [0.2, 0.25) is 0 Å². The lowest BCUT2D eigenvalue weighted by Gasteiger charge is -2.11. The van der Waals surface area contributed by atoms with Gasteiger partial charge in [-0.1, -0.05) is 103 Å². The van der Waals surface area contributed by atoms with Crippen LogP contribution in [0.25, 0.3) is 0 Å². The van der Waals surface area contributed by atoms with Crippen molar-refractivity contribution in [3.63, 3.8) is 0 Å². The molecule has 0 saturated carbocycles. The molecular weight excluding hydrogens is 424 g/mol. The van der Waals surface area contributed by atoms with Crippen molar-refractivity contribution >= 4 is 11.4 Å². The zero-order valence-corrected chi connectivity index (χ0v) is 20.5. The van der Waals surface area contributed by atoms with Crippen molar-refractivity contribution in [2.45, 2.75) is 117 Å². The largest absolute Gasteiger partial charge is 0.500 e. The summed E-state index contributed by atoms with van der Waals surface area (Å²) in [6.45, 7) is 3.93. The maximum atomic E-state index is 11.1. The second-order valence-corrected chi connectivity index (χ2v) is 8.88. The fraction of sp³-hybridized carbons (Fsp3) is 0.760. The van der Waals surface area contributed by atoms with Gasteiger partial charge in [-0.05, 0) is 13.3 Å². The smallest absolute Gasteiger partial charge is 0.321 e. The van der Waals surface area contributed by atoms with Crippen molar-refractivity contribution in [1.29, 1.82) is 0 Å². The van der Waals surface area contributed by atoms with E-state index in [0.29, 0.717) is 0 Å². The molecule has 33 heavy (non-hydrogen) atoms. The van der Waals surface area contributed by atoms with Gasteiger partial charge in [0.1, 0.15) is 0 Å². The monoisotopic (exact) mass is 466 g/mol. The molecule has 0 aliphatic carbocycles. The first kappa shape index (κ1) is 28.7. The molecular formula is C25H42N2O6. The minimum Gasteiger partial charge on any atom is -0.500 e. The second kappa shape index (κ2) is 17.1. The number of nitro benzene ring substituents is 2. The number of unbranched alkanes of at least 4 members (excludes halogenated alkanes) is 15. The molecule has 0 unspecified atom stereocenters. The van der Waals surface area contributed by atoms with E-state index in [9.17, 15) is 25.3 Å². The third-order valence-electron chi connectivity index (χ3n) is 6.09. The fourth-order valence-electron chi connectivity index (χ4n) is 4.05. The Bertz CT molecular complexity index is 685. The van der Waals surface area contributed by atoms with Crippen LogP contribution in [0.15, 0.2) is 6.07 Å². The molecule has 0 bridgehead atoms. The Hall–Kier alpha value is -2.38. The Balaban J connectivity index is 2.12. The van der Waals surface area contributed by atoms with Gasteiger partial charge in [0, 0.05) is 0 Å². The average molecular weight is 467 g/mol. The van der Waals surface area contributed by atoms with E-state index in [1.807, 2.05) is 0 Å². The van der Waals surface area contributed by atoms with Gasteiger partial charge in [0.15, 0.2) is 5.75 Å². The van der Waals surface area contributed by atoms with Gasteiger partial charge < -0.3 is 9.84 Å². The van der Waals surface area contributed by atoms with Gasteiger partial charge >= 0.3 is 5.69 Å². The topological polar surface area (TPSA) is 116 Å². The van der Waals surface area contributed by atoms with Gasteiger partial charge in [-0.2, -0.15) is 0 Å². The van der Waals surface area contributed by atoms with E-state index in [1.54, 1.807) is 0 Å². The summed E-state index contributed by atoms with van der Waals surface area (Å²) >= 11 is 0. The normalized spacial score (nSPS) is 11.0. The van der Waals surface area contributed by atoms with E-state index < -0.39 is 27.0 Å². The molecule has 0 spiro atoms. The molecule has 0 aromatic heterocycles. The van der Waals surface area contributed by atoms with Gasteiger partial charge in [-0.3, -0.25) is 20.2 Å².